The topological polar surface area (TPSA) is 88.5 Å². The molecule has 6 heteroatoms. The Labute approximate surface area is 172 Å². The molecule has 3 fully saturated rings. The number of hydrogen-bond acceptors (Lipinski definition) is 6. The van der Waals surface area contributed by atoms with Crippen molar-refractivity contribution in [2.24, 2.45) is 17.3 Å². The van der Waals surface area contributed by atoms with Gasteiger partial charge in [0, 0.05) is 12.3 Å². The van der Waals surface area contributed by atoms with Gasteiger partial charge in [-0.05, 0) is 55.7 Å². The number of hydrogen-bond donors (Lipinski definition) is 2. The zero-order chi connectivity index (χ0) is 21.2. The van der Waals surface area contributed by atoms with E-state index in [9.17, 15) is 15.0 Å². The third kappa shape index (κ3) is 3.21. The molecular formula is C23H32O6. The van der Waals surface area contributed by atoms with E-state index in [4.69, 9.17) is 14.2 Å². The molecule has 4 rings (SSSR count). The number of aliphatic hydroxyl groups is 1. The van der Waals surface area contributed by atoms with Crippen LogP contribution in [0.3, 0.4) is 0 Å². The lowest BCUT2D eigenvalue weighted by molar-refractivity contribution is -0.120. The SMILES string of the molecule is COc1cc(C(=O)O[C@@H]2C[C@@]3(C)O[C@@H]3C[C@]3(C)CC[C@](O)(C(C)C)[C@@H]23)ccc1O. The number of carbonyl (C=O) groups excluding carboxylic acids is 1. The van der Waals surface area contributed by atoms with Gasteiger partial charge in [0.05, 0.1) is 30.0 Å². The molecule has 0 bridgehead atoms. The number of benzene rings is 1. The van der Waals surface area contributed by atoms with E-state index in [1.807, 2.05) is 13.8 Å². The number of esters is 1. The largest absolute Gasteiger partial charge is 0.504 e. The highest BCUT2D eigenvalue weighted by atomic mass is 16.6. The summed E-state index contributed by atoms with van der Waals surface area (Å²) in [6.45, 7) is 8.36. The molecule has 2 N–H and O–H groups in total. The number of phenolic OH excluding ortho intramolecular Hbond substituents is 1. The van der Waals surface area contributed by atoms with Crippen molar-refractivity contribution in [3.05, 3.63) is 23.8 Å². The smallest absolute Gasteiger partial charge is 0.338 e. The Morgan fingerprint density at radius 3 is 2.62 bits per heavy atom. The Morgan fingerprint density at radius 1 is 1.24 bits per heavy atom. The predicted octanol–water partition coefficient (Wildman–Crippen LogP) is 3.68. The first-order valence-electron chi connectivity index (χ1n) is 10.5. The molecule has 2 saturated carbocycles. The molecule has 0 unspecified atom stereocenters. The van der Waals surface area contributed by atoms with Crippen LogP contribution in [0.4, 0.5) is 0 Å². The second kappa shape index (κ2) is 6.61. The standard InChI is InChI=1S/C23H32O6/c1-13(2)23(26)9-8-21(3)12-18-22(4,29-18)11-17(19(21)23)28-20(25)14-6-7-15(24)16(10-14)27-5/h6-7,10,13,17-19,24,26H,8-9,11-12H2,1-5H3/t17-,18-,19+,21+,22-,23+/m1/s1. The summed E-state index contributed by atoms with van der Waals surface area (Å²) in [5, 5.41) is 21.4. The highest BCUT2D eigenvalue weighted by molar-refractivity contribution is 5.90. The first-order valence-corrected chi connectivity index (χ1v) is 10.5. The molecule has 1 saturated heterocycles. The van der Waals surface area contributed by atoms with Crippen molar-refractivity contribution in [3.63, 3.8) is 0 Å². The van der Waals surface area contributed by atoms with E-state index in [1.165, 1.54) is 25.3 Å². The number of fused-ring (bicyclic) bond motifs is 2. The number of aromatic hydroxyl groups is 1. The summed E-state index contributed by atoms with van der Waals surface area (Å²) < 4.78 is 17.2. The van der Waals surface area contributed by atoms with E-state index in [1.54, 1.807) is 0 Å². The van der Waals surface area contributed by atoms with E-state index < -0.39 is 17.7 Å². The second-order valence-electron chi connectivity index (χ2n) is 9.94. The Kier molecular flexibility index (Phi) is 4.67. The maximum Gasteiger partial charge on any atom is 0.338 e. The van der Waals surface area contributed by atoms with Crippen LogP contribution in [0.25, 0.3) is 0 Å². The van der Waals surface area contributed by atoms with Gasteiger partial charge in [0.15, 0.2) is 11.5 Å². The van der Waals surface area contributed by atoms with Crippen molar-refractivity contribution in [1.82, 2.24) is 0 Å². The summed E-state index contributed by atoms with van der Waals surface area (Å²) in [4.78, 5) is 13.0. The lowest BCUT2D eigenvalue weighted by atomic mass is 9.67. The highest BCUT2D eigenvalue weighted by Crippen LogP contribution is 2.63. The van der Waals surface area contributed by atoms with Gasteiger partial charge in [-0.25, -0.2) is 4.79 Å². The Hall–Kier alpha value is -1.79. The minimum absolute atomic E-state index is 0.0298. The summed E-state index contributed by atoms with van der Waals surface area (Å²) in [7, 11) is 1.44. The van der Waals surface area contributed by atoms with Crippen LogP contribution >= 0.6 is 0 Å². The third-order valence-electron chi connectivity index (χ3n) is 7.72. The van der Waals surface area contributed by atoms with Gasteiger partial charge in [-0.1, -0.05) is 20.8 Å². The average molecular weight is 405 g/mol. The van der Waals surface area contributed by atoms with Crippen molar-refractivity contribution >= 4 is 5.97 Å². The van der Waals surface area contributed by atoms with Gasteiger partial charge in [-0.3, -0.25) is 0 Å². The summed E-state index contributed by atoms with van der Waals surface area (Å²) in [5.74, 6) is -0.366. The summed E-state index contributed by atoms with van der Waals surface area (Å²) in [6, 6.07) is 4.43. The van der Waals surface area contributed by atoms with Crippen LogP contribution < -0.4 is 4.74 Å². The van der Waals surface area contributed by atoms with Gasteiger partial charge in [-0.15, -0.1) is 0 Å². The number of epoxide rings is 1. The van der Waals surface area contributed by atoms with Crippen molar-refractivity contribution in [2.45, 2.75) is 76.8 Å². The molecule has 1 aromatic rings. The maximum atomic E-state index is 13.0. The summed E-state index contributed by atoms with van der Waals surface area (Å²) >= 11 is 0. The number of phenols is 1. The van der Waals surface area contributed by atoms with E-state index in [0.29, 0.717) is 18.4 Å². The van der Waals surface area contributed by atoms with E-state index in [-0.39, 0.29) is 40.5 Å². The Balaban J connectivity index is 1.67. The van der Waals surface area contributed by atoms with E-state index >= 15 is 0 Å². The van der Waals surface area contributed by atoms with Crippen LogP contribution in [0, 0.1) is 17.3 Å². The van der Waals surface area contributed by atoms with Crippen LogP contribution in [0.1, 0.15) is 63.7 Å². The molecule has 6 atom stereocenters. The molecule has 29 heavy (non-hydrogen) atoms. The summed E-state index contributed by atoms with van der Waals surface area (Å²) in [6.07, 6.45) is 2.76. The number of methoxy groups -OCH3 is 1. The molecule has 0 radical (unpaired) electrons. The van der Waals surface area contributed by atoms with Gasteiger partial charge in [0.2, 0.25) is 0 Å². The van der Waals surface area contributed by atoms with Gasteiger partial charge in [-0.2, -0.15) is 0 Å². The lowest BCUT2D eigenvalue weighted by Gasteiger charge is -2.44. The molecule has 0 amide bonds. The van der Waals surface area contributed by atoms with Crippen molar-refractivity contribution in [1.29, 1.82) is 0 Å². The van der Waals surface area contributed by atoms with Gasteiger partial charge < -0.3 is 24.4 Å². The fourth-order valence-electron chi connectivity index (χ4n) is 5.84. The fraction of sp³-hybridized carbons (Fsp3) is 0.696. The number of ether oxygens (including phenoxy) is 3. The van der Waals surface area contributed by atoms with Gasteiger partial charge in [0.1, 0.15) is 6.10 Å². The molecule has 0 spiro atoms. The average Bonchev–Trinajstić information content (AvgIpc) is 3.19. The molecule has 1 aliphatic heterocycles. The molecule has 160 valence electrons. The number of carbonyl (C=O) groups is 1. The molecule has 0 aromatic heterocycles. The molecule has 3 aliphatic rings. The minimum Gasteiger partial charge on any atom is -0.504 e. The van der Waals surface area contributed by atoms with Crippen LogP contribution in [0.15, 0.2) is 18.2 Å². The minimum atomic E-state index is -0.876. The van der Waals surface area contributed by atoms with E-state index in [2.05, 4.69) is 13.8 Å². The predicted molar refractivity (Wildman–Crippen MR) is 107 cm³/mol. The van der Waals surface area contributed by atoms with Crippen LogP contribution in [-0.4, -0.2) is 46.7 Å². The maximum absolute atomic E-state index is 13.0. The first-order chi connectivity index (χ1) is 13.5. The van der Waals surface area contributed by atoms with Crippen molar-refractivity contribution < 1.29 is 29.2 Å². The monoisotopic (exact) mass is 404 g/mol. The van der Waals surface area contributed by atoms with Crippen LogP contribution in [-0.2, 0) is 9.47 Å². The zero-order valence-electron chi connectivity index (χ0n) is 17.9. The highest BCUT2D eigenvalue weighted by Gasteiger charge is 2.68. The van der Waals surface area contributed by atoms with Crippen molar-refractivity contribution in [3.8, 4) is 11.5 Å². The molecule has 2 aliphatic carbocycles. The Morgan fingerprint density at radius 2 is 1.97 bits per heavy atom. The molecular weight excluding hydrogens is 372 g/mol. The molecule has 1 aromatic carbocycles. The quantitative estimate of drug-likeness (QED) is 0.588. The second-order valence-corrected chi connectivity index (χ2v) is 9.94. The van der Waals surface area contributed by atoms with Gasteiger partial charge >= 0.3 is 5.97 Å². The third-order valence-corrected chi connectivity index (χ3v) is 7.72. The Bertz CT molecular complexity index is 822. The lowest BCUT2D eigenvalue weighted by Crippen LogP contribution is -2.50. The fourth-order valence-corrected chi connectivity index (χ4v) is 5.84. The van der Waals surface area contributed by atoms with Gasteiger partial charge in [0.25, 0.3) is 0 Å². The van der Waals surface area contributed by atoms with Crippen LogP contribution in [0.2, 0.25) is 0 Å². The normalized spacial score (nSPS) is 40.7. The number of rotatable bonds is 4. The molecule has 1 heterocycles. The first kappa shape index (κ1) is 20.5. The molecule has 6 nitrogen and oxygen atoms in total. The van der Waals surface area contributed by atoms with E-state index in [0.717, 1.165) is 12.8 Å². The summed E-state index contributed by atoms with van der Waals surface area (Å²) in [5.41, 5.74) is -1.01. The van der Waals surface area contributed by atoms with Crippen molar-refractivity contribution in [2.75, 3.05) is 7.11 Å². The van der Waals surface area contributed by atoms with Crippen LogP contribution in [0.5, 0.6) is 11.5 Å². The zero-order valence-corrected chi connectivity index (χ0v) is 17.9.